The first-order chi connectivity index (χ1) is 22.0. The summed E-state index contributed by atoms with van der Waals surface area (Å²) in [5.41, 5.74) is 5.21. The number of benzene rings is 2. The first kappa shape index (κ1) is 36.1. The molecule has 1 aliphatic rings. The van der Waals surface area contributed by atoms with Gasteiger partial charge in [-0.05, 0) is 49.7 Å². The largest absolute Gasteiger partial charge is 0.386 e. The maximum absolute atomic E-state index is 14.2. The molecule has 0 saturated heterocycles. The van der Waals surface area contributed by atoms with Gasteiger partial charge in [-0.2, -0.15) is 0 Å². The van der Waals surface area contributed by atoms with Crippen molar-refractivity contribution in [3.05, 3.63) is 84.2 Å². The quantitative estimate of drug-likeness (QED) is 0.145. The van der Waals surface area contributed by atoms with Gasteiger partial charge in [-0.25, -0.2) is 0 Å². The van der Waals surface area contributed by atoms with Gasteiger partial charge in [0.25, 0.3) is 0 Å². The molecule has 1 atom stereocenters. The Morgan fingerprint density at radius 1 is 0.870 bits per heavy atom. The summed E-state index contributed by atoms with van der Waals surface area (Å²) >= 11 is 0. The number of nitrogens with two attached hydrogens (primary N) is 1. The fraction of sp³-hybridized carbons (Fsp3) is 0.500. The van der Waals surface area contributed by atoms with E-state index in [9.17, 15) is 19.2 Å². The van der Waals surface area contributed by atoms with Crippen LogP contribution in [0.3, 0.4) is 0 Å². The molecular weight excluding hydrogens is 580 g/mol. The maximum Gasteiger partial charge on any atom is 0.246 e. The van der Waals surface area contributed by atoms with E-state index >= 15 is 0 Å². The lowest BCUT2D eigenvalue weighted by Crippen LogP contribution is -2.64. The van der Waals surface area contributed by atoms with Gasteiger partial charge in [0.15, 0.2) is 0 Å². The number of nitrogens with one attached hydrogen (secondary N) is 5. The zero-order chi connectivity index (χ0) is 33.7. The van der Waals surface area contributed by atoms with E-state index in [1.807, 2.05) is 74.5 Å². The molecule has 0 spiro atoms. The van der Waals surface area contributed by atoms with E-state index in [0.29, 0.717) is 44.5 Å². The van der Waals surface area contributed by atoms with Gasteiger partial charge in [0, 0.05) is 12.5 Å². The molecule has 0 aromatic heterocycles. The molecule has 7 N–H and O–H groups in total. The van der Waals surface area contributed by atoms with Gasteiger partial charge >= 0.3 is 0 Å². The van der Waals surface area contributed by atoms with Crippen molar-refractivity contribution >= 4 is 23.6 Å². The number of hydrogen-bond donors (Lipinski definition) is 6. The lowest BCUT2D eigenvalue weighted by Gasteiger charge is -2.36. The highest BCUT2D eigenvalue weighted by atomic mass is 16.2. The Balaban J connectivity index is 1.87. The zero-order valence-corrected chi connectivity index (χ0v) is 27.8. The summed E-state index contributed by atoms with van der Waals surface area (Å²) in [5, 5.41) is 15.1. The van der Waals surface area contributed by atoms with E-state index in [2.05, 4.69) is 33.2 Å². The van der Waals surface area contributed by atoms with Gasteiger partial charge in [-0.3, -0.25) is 19.2 Å². The molecule has 1 saturated carbocycles. The molecule has 250 valence electrons. The van der Waals surface area contributed by atoms with Gasteiger partial charge in [0.2, 0.25) is 23.6 Å². The van der Waals surface area contributed by atoms with Crippen LogP contribution in [0.2, 0.25) is 0 Å². The molecule has 0 bridgehead atoms. The molecule has 0 aliphatic heterocycles. The Bertz CT molecular complexity index is 1280. The molecular formula is C36H52N6O4. The van der Waals surface area contributed by atoms with Gasteiger partial charge < -0.3 is 32.3 Å². The zero-order valence-electron chi connectivity index (χ0n) is 27.8. The predicted octanol–water partition coefficient (Wildman–Crippen LogP) is 3.94. The highest BCUT2D eigenvalue weighted by molar-refractivity contribution is 5.97. The molecule has 2 aromatic carbocycles. The molecule has 0 heterocycles. The van der Waals surface area contributed by atoms with Crippen LogP contribution >= 0.6 is 0 Å². The summed E-state index contributed by atoms with van der Waals surface area (Å²) < 4.78 is 0. The summed E-state index contributed by atoms with van der Waals surface area (Å²) in [6, 6.07) is 18.1. The summed E-state index contributed by atoms with van der Waals surface area (Å²) in [7, 11) is 0. The van der Waals surface area contributed by atoms with E-state index in [1.54, 1.807) is 13.8 Å². The summed E-state index contributed by atoms with van der Waals surface area (Å²) in [6.07, 6.45) is 4.01. The van der Waals surface area contributed by atoms with Crippen LogP contribution in [0.5, 0.6) is 0 Å². The molecule has 1 aliphatic carbocycles. The van der Waals surface area contributed by atoms with Crippen LogP contribution in [-0.2, 0) is 19.2 Å². The minimum Gasteiger partial charge on any atom is -0.386 e. The molecule has 46 heavy (non-hydrogen) atoms. The van der Waals surface area contributed by atoms with E-state index in [-0.39, 0.29) is 24.2 Å². The van der Waals surface area contributed by atoms with Crippen molar-refractivity contribution in [3.63, 3.8) is 0 Å². The number of hydrogen-bond acceptors (Lipinski definition) is 6. The third kappa shape index (κ3) is 9.34. The van der Waals surface area contributed by atoms with Crippen LogP contribution in [0.1, 0.15) is 96.2 Å². The van der Waals surface area contributed by atoms with Crippen molar-refractivity contribution < 1.29 is 19.2 Å². The predicted molar refractivity (Wildman–Crippen MR) is 181 cm³/mol. The normalized spacial score (nSPS) is 14.7. The monoisotopic (exact) mass is 632 g/mol. The second-order valence-corrected chi connectivity index (χ2v) is 12.6. The standard InChI is InChI=1S/C36H52N6O4/c1-6-35(7-2,41-31(43)25(3)4)33(45)39-29(21-16-24-38-26(5)37)32(44)42-36(22-14-15-23-36)34(46)40-30(27-17-10-8-11-18-27)28-19-12-9-13-20-28/h8-13,17-20,25,29-30,38H,5-7,14-16,21-24,37H2,1-4H3,(H,39,45)(H,40,46)(H,41,43)(H,42,44)/t29-/m0/s1. The number of rotatable bonds is 17. The van der Waals surface area contributed by atoms with Crippen LogP contribution in [0, 0.1) is 5.92 Å². The van der Waals surface area contributed by atoms with Crippen molar-refractivity contribution in [1.82, 2.24) is 26.6 Å². The summed E-state index contributed by atoms with van der Waals surface area (Å²) in [6.45, 7) is 11.3. The van der Waals surface area contributed by atoms with Crippen LogP contribution < -0.4 is 32.3 Å². The van der Waals surface area contributed by atoms with Crippen molar-refractivity contribution in [3.8, 4) is 0 Å². The average molecular weight is 633 g/mol. The van der Waals surface area contributed by atoms with Crippen molar-refractivity contribution in [2.24, 2.45) is 11.7 Å². The Morgan fingerprint density at radius 3 is 1.89 bits per heavy atom. The fourth-order valence-electron chi connectivity index (χ4n) is 5.93. The third-order valence-corrected chi connectivity index (χ3v) is 8.97. The molecule has 4 amide bonds. The molecule has 1 fully saturated rings. The molecule has 3 rings (SSSR count). The van der Waals surface area contributed by atoms with E-state index in [4.69, 9.17) is 5.73 Å². The fourth-order valence-corrected chi connectivity index (χ4v) is 5.93. The molecule has 10 nitrogen and oxygen atoms in total. The lowest BCUT2D eigenvalue weighted by molar-refractivity contribution is -0.139. The Labute approximate surface area is 273 Å². The third-order valence-electron chi connectivity index (χ3n) is 8.97. The first-order valence-electron chi connectivity index (χ1n) is 16.5. The smallest absolute Gasteiger partial charge is 0.246 e. The Morgan fingerprint density at radius 2 is 1.41 bits per heavy atom. The summed E-state index contributed by atoms with van der Waals surface area (Å²) in [5.74, 6) is -1.37. The first-order valence-corrected chi connectivity index (χ1v) is 16.5. The molecule has 0 unspecified atom stereocenters. The Kier molecular flexibility index (Phi) is 13.2. The average Bonchev–Trinajstić information content (AvgIpc) is 3.53. The second kappa shape index (κ2) is 16.8. The number of carbonyl (C=O) groups is 4. The van der Waals surface area contributed by atoms with Crippen molar-refractivity contribution in [1.29, 1.82) is 0 Å². The van der Waals surface area contributed by atoms with E-state index < -0.39 is 35.0 Å². The van der Waals surface area contributed by atoms with Crippen LogP contribution in [-0.4, -0.2) is 47.3 Å². The number of carbonyl (C=O) groups excluding carboxylic acids is 4. The molecule has 10 heteroatoms. The SMILES string of the molecule is C=C(N)NCCC[C@H](NC(=O)C(CC)(CC)NC(=O)C(C)C)C(=O)NC1(C(=O)NC(c2ccccc2)c2ccccc2)CCCC1. The minimum absolute atomic E-state index is 0.238. The van der Waals surface area contributed by atoms with E-state index in [0.717, 1.165) is 24.0 Å². The minimum atomic E-state index is -1.18. The van der Waals surface area contributed by atoms with Gasteiger partial charge in [0.1, 0.15) is 17.1 Å². The number of amides is 4. The van der Waals surface area contributed by atoms with Crippen molar-refractivity contribution in [2.45, 2.75) is 102 Å². The van der Waals surface area contributed by atoms with Gasteiger partial charge in [0.05, 0.1) is 11.9 Å². The van der Waals surface area contributed by atoms with Gasteiger partial charge in [-0.1, -0.05) is 108 Å². The van der Waals surface area contributed by atoms with E-state index in [1.165, 1.54) is 0 Å². The topological polar surface area (TPSA) is 154 Å². The highest BCUT2D eigenvalue weighted by Gasteiger charge is 2.45. The van der Waals surface area contributed by atoms with Gasteiger partial charge in [-0.15, -0.1) is 0 Å². The second-order valence-electron chi connectivity index (χ2n) is 12.6. The van der Waals surface area contributed by atoms with Crippen LogP contribution in [0.25, 0.3) is 0 Å². The highest BCUT2D eigenvalue weighted by Crippen LogP contribution is 2.32. The maximum atomic E-state index is 14.2. The van der Waals surface area contributed by atoms with Crippen molar-refractivity contribution in [2.75, 3.05) is 6.54 Å². The molecule has 0 radical (unpaired) electrons. The van der Waals surface area contributed by atoms with Crippen LogP contribution in [0.15, 0.2) is 73.1 Å². The molecule has 2 aromatic rings. The van der Waals surface area contributed by atoms with Crippen LogP contribution in [0.4, 0.5) is 0 Å². The summed E-state index contributed by atoms with van der Waals surface area (Å²) in [4.78, 5) is 54.7. The Hall–Kier alpha value is -4.34. The lowest BCUT2D eigenvalue weighted by atomic mass is 9.89.